The maximum atomic E-state index is 12.0. The summed E-state index contributed by atoms with van der Waals surface area (Å²) in [6, 6.07) is 13.8. The van der Waals surface area contributed by atoms with E-state index in [1.165, 1.54) is 6.08 Å². The zero-order valence-corrected chi connectivity index (χ0v) is 15.5. The topological polar surface area (TPSA) is 55.4 Å². The van der Waals surface area contributed by atoms with Crippen LogP contribution in [-0.4, -0.2) is 18.5 Å². The molecule has 0 saturated carbocycles. The van der Waals surface area contributed by atoms with E-state index in [1.54, 1.807) is 42.5 Å². The van der Waals surface area contributed by atoms with Gasteiger partial charge >= 0.3 is 5.97 Å². The van der Waals surface area contributed by atoms with Crippen LogP contribution in [0.3, 0.4) is 0 Å². The number of anilines is 1. The Morgan fingerprint density at radius 2 is 1.88 bits per heavy atom. The molecule has 0 fully saturated rings. The van der Waals surface area contributed by atoms with Gasteiger partial charge in [-0.15, -0.1) is 0 Å². The summed E-state index contributed by atoms with van der Waals surface area (Å²) in [5, 5.41) is 3.36. The number of ether oxygens (including phenoxy) is 1. The Kier molecular flexibility index (Phi) is 7.90. The molecule has 5 heteroatoms. The quantitative estimate of drug-likeness (QED) is 0.387. The summed E-state index contributed by atoms with van der Waals surface area (Å²) in [7, 11) is 0. The number of amides is 1. The molecule has 2 aromatic carbocycles. The molecule has 0 aliphatic rings. The van der Waals surface area contributed by atoms with Crippen molar-refractivity contribution in [1.29, 1.82) is 0 Å². The molecule has 0 aromatic heterocycles. The molecule has 1 amide bonds. The Morgan fingerprint density at radius 1 is 1.12 bits per heavy atom. The fourth-order valence-corrected chi connectivity index (χ4v) is 2.45. The Morgan fingerprint density at radius 3 is 2.58 bits per heavy atom. The summed E-state index contributed by atoms with van der Waals surface area (Å²) >= 11 is 5.91. The van der Waals surface area contributed by atoms with Gasteiger partial charge in [0.1, 0.15) is 0 Å². The second-order valence-electron chi connectivity index (χ2n) is 5.80. The van der Waals surface area contributed by atoms with Crippen molar-refractivity contribution >= 4 is 35.2 Å². The maximum absolute atomic E-state index is 12.0. The highest BCUT2D eigenvalue weighted by atomic mass is 35.5. The number of halogens is 1. The molecule has 0 heterocycles. The molecule has 0 saturated heterocycles. The number of nitrogens with one attached hydrogen (secondary N) is 1. The van der Waals surface area contributed by atoms with Crippen LogP contribution in [-0.2, 0) is 9.53 Å². The van der Waals surface area contributed by atoms with Crippen molar-refractivity contribution in [2.24, 2.45) is 0 Å². The highest BCUT2D eigenvalue weighted by molar-refractivity contribution is 6.30. The Labute approximate surface area is 158 Å². The SMILES string of the molecule is CCCCCOC(=O)c1ccc(NC(=O)C=Cc2cccc(Cl)c2)cc1. The third-order valence-electron chi connectivity index (χ3n) is 3.65. The fourth-order valence-electron chi connectivity index (χ4n) is 2.26. The van der Waals surface area contributed by atoms with Crippen molar-refractivity contribution in [2.75, 3.05) is 11.9 Å². The fraction of sp³-hybridized carbons (Fsp3) is 0.238. The molecule has 0 aliphatic heterocycles. The van der Waals surface area contributed by atoms with Gasteiger partial charge in [0, 0.05) is 16.8 Å². The first-order valence-corrected chi connectivity index (χ1v) is 8.98. The normalized spacial score (nSPS) is 10.7. The molecule has 4 nitrogen and oxygen atoms in total. The van der Waals surface area contributed by atoms with Gasteiger partial charge in [-0.05, 0) is 54.5 Å². The molecule has 0 atom stereocenters. The van der Waals surface area contributed by atoms with E-state index in [0.29, 0.717) is 22.9 Å². The smallest absolute Gasteiger partial charge is 0.338 e. The molecule has 136 valence electrons. The van der Waals surface area contributed by atoms with E-state index in [2.05, 4.69) is 12.2 Å². The van der Waals surface area contributed by atoms with E-state index in [9.17, 15) is 9.59 Å². The van der Waals surface area contributed by atoms with Crippen molar-refractivity contribution in [3.05, 3.63) is 70.8 Å². The lowest BCUT2D eigenvalue weighted by atomic mass is 10.2. The van der Waals surface area contributed by atoms with Crippen LogP contribution in [0.2, 0.25) is 5.02 Å². The van der Waals surface area contributed by atoms with Crippen molar-refractivity contribution in [2.45, 2.75) is 26.2 Å². The average Bonchev–Trinajstić information content (AvgIpc) is 2.64. The Balaban J connectivity index is 1.86. The lowest BCUT2D eigenvalue weighted by Crippen LogP contribution is -2.09. The standard InChI is InChI=1S/C21H22ClNO3/c1-2-3-4-14-26-21(25)17-9-11-19(12-10-17)23-20(24)13-8-16-6-5-7-18(22)15-16/h5-13,15H,2-4,14H2,1H3,(H,23,24). The van der Waals surface area contributed by atoms with Gasteiger partial charge in [0.05, 0.1) is 12.2 Å². The zero-order valence-electron chi connectivity index (χ0n) is 14.7. The van der Waals surface area contributed by atoms with E-state index in [4.69, 9.17) is 16.3 Å². The van der Waals surface area contributed by atoms with Crippen LogP contribution >= 0.6 is 11.6 Å². The van der Waals surface area contributed by atoms with Crippen LogP contribution in [0.15, 0.2) is 54.6 Å². The lowest BCUT2D eigenvalue weighted by Gasteiger charge is -2.06. The number of hydrogen-bond donors (Lipinski definition) is 1. The van der Waals surface area contributed by atoms with Crippen molar-refractivity contribution < 1.29 is 14.3 Å². The molecular formula is C21H22ClNO3. The van der Waals surface area contributed by atoms with E-state index < -0.39 is 0 Å². The van der Waals surface area contributed by atoms with Gasteiger partial charge in [-0.25, -0.2) is 4.79 Å². The predicted molar refractivity (Wildman–Crippen MR) is 105 cm³/mol. The predicted octanol–water partition coefficient (Wildman–Crippen LogP) is 5.34. The second-order valence-corrected chi connectivity index (χ2v) is 6.23. The molecule has 2 rings (SSSR count). The first-order chi connectivity index (χ1) is 12.6. The highest BCUT2D eigenvalue weighted by Gasteiger charge is 2.07. The van der Waals surface area contributed by atoms with Crippen LogP contribution in [0.5, 0.6) is 0 Å². The number of benzene rings is 2. The number of unbranched alkanes of at least 4 members (excludes halogenated alkanes) is 2. The lowest BCUT2D eigenvalue weighted by molar-refractivity contribution is -0.111. The maximum Gasteiger partial charge on any atom is 0.338 e. The minimum absolute atomic E-state index is 0.264. The first-order valence-electron chi connectivity index (χ1n) is 8.60. The number of rotatable bonds is 8. The van der Waals surface area contributed by atoms with Crippen molar-refractivity contribution in [3.63, 3.8) is 0 Å². The summed E-state index contributed by atoms with van der Waals surface area (Å²) in [5.74, 6) is -0.611. The van der Waals surface area contributed by atoms with Crippen LogP contribution in [0, 0.1) is 0 Å². The van der Waals surface area contributed by atoms with Gasteiger partial charge < -0.3 is 10.1 Å². The third-order valence-corrected chi connectivity index (χ3v) is 3.88. The Bertz CT molecular complexity index is 769. The van der Waals surface area contributed by atoms with Crippen molar-refractivity contribution in [3.8, 4) is 0 Å². The molecule has 1 N–H and O–H groups in total. The molecule has 0 radical (unpaired) electrons. The molecule has 26 heavy (non-hydrogen) atoms. The Hall–Kier alpha value is -2.59. The van der Waals surface area contributed by atoms with Crippen molar-refractivity contribution in [1.82, 2.24) is 0 Å². The zero-order chi connectivity index (χ0) is 18.8. The van der Waals surface area contributed by atoms with Crippen LogP contribution in [0.1, 0.15) is 42.1 Å². The number of hydrogen-bond acceptors (Lipinski definition) is 3. The molecule has 0 bridgehead atoms. The minimum Gasteiger partial charge on any atom is -0.462 e. The number of carbonyl (C=O) groups is 2. The molecule has 0 unspecified atom stereocenters. The molecule has 0 aliphatic carbocycles. The first kappa shape index (κ1) is 19.7. The summed E-state index contributed by atoms with van der Waals surface area (Å²) in [6.07, 6.45) is 6.11. The summed E-state index contributed by atoms with van der Waals surface area (Å²) in [4.78, 5) is 23.9. The number of carbonyl (C=O) groups excluding carboxylic acids is 2. The monoisotopic (exact) mass is 371 g/mol. The van der Waals surface area contributed by atoms with Gasteiger partial charge in [0.2, 0.25) is 5.91 Å². The van der Waals surface area contributed by atoms with E-state index >= 15 is 0 Å². The molecular weight excluding hydrogens is 350 g/mol. The average molecular weight is 372 g/mol. The van der Waals surface area contributed by atoms with E-state index in [0.717, 1.165) is 24.8 Å². The number of esters is 1. The third kappa shape index (κ3) is 6.73. The largest absolute Gasteiger partial charge is 0.462 e. The van der Waals surface area contributed by atoms with Crippen LogP contribution in [0.4, 0.5) is 5.69 Å². The van der Waals surface area contributed by atoms with Gasteiger partial charge in [0.15, 0.2) is 0 Å². The highest BCUT2D eigenvalue weighted by Crippen LogP contribution is 2.13. The van der Waals surface area contributed by atoms with Gasteiger partial charge in [-0.2, -0.15) is 0 Å². The minimum atomic E-state index is -0.347. The van der Waals surface area contributed by atoms with E-state index in [-0.39, 0.29) is 11.9 Å². The second kappa shape index (κ2) is 10.4. The van der Waals surface area contributed by atoms with Gasteiger partial charge in [-0.3, -0.25) is 4.79 Å². The summed E-state index contributed by atoms with van der Waals surface area (Å²) < 4.78 is 5.20. The molecule has 2 aromatic rings. The van der Waals surface area contributed by atoms with E-state index in [1.807, 2.05) is 12.1 Å². The summed E-state index contributed by atoms with van der Waals surface area (Å²) in [5.41, 5.74) is 1.91. The van der Waals surface area contributed by atoms with Gasteiger partial charge in [0.25, 0.3) is 0 Å². The molecule has 0 spiro atoms. The van der Waals surface area contributed by atoms with Crippen LogP contribution < -0.4 is 5.32 Å². The van der Waals surface area contributed by atoms with Gasteiger partial charge in [-0.1, -0.05) is 43.5 Å². The van der Waals surface area contributed by atoms with Crippen LogP contribution in [0.25, 0.3) is 6.08 Å². The summed E-state index contributed by atoms with van der Waals surface area (Å²) in [6.45, 7) is 2.53.